The second-order valence-corrected chi connectivity index (χ2v) is 5.34. The van der Waals surface area contributed by atoms with Gasteiger partial charge in [-0.25, -0.2) is 9.78 Å². The van der Waals surface area contributed by atoms with E-state index < -0.39 is 11.5 Å². The van der Waals surface area contributed by atoms with Gasteiger partial charge in [-0.05, 0) is 31.6 Å². The highest BCUT2D eigenvalue weighted by molar-refractivity contribution is 5.85. The monoisotopic (exact) mass is 265 g/mol. The third-order valence-electron chi connectivity index (χ3n) is 3.78. The van der Waals surface area contributed by atoms with E-state index in [1.807, 2.05) is 0 Å². The van der Waals surface area contributed by atoms with Crippen LogP contribution in [0.25, 0.3) is 0 Å². The topological polar surface area (TPSA) is 95.3 Å². The molecule has 6 nitrogen and oxygen atoms in total. The second-order valence-electron chi connectivity index (χ2n) is 5.34. The number of anilines is 1. The van der Waals surface area contributed by atoms with Crippen LogP contribution in [0.5, 0.6) is 0 Å². The van der Waals surface area contributed by atoms with Gasteiger partial charge >= 0.3 is 5.97 Å². The highest BCUT2D eigenvalue weighted by Crippen LogP contribution is 2.33. The Morgan fingerprint density at radius 1 is 1.47 bits per heavy atom. The fourth-order valence-electron chi connectivity index (χ4n) is 2.44. The summed E-state index contributed by atoms with van der Waals surface area (Å²) in [6, 6.07) is 0. The summed E-state index contributed by atoms with van der Waals surface area (Å²) in [5, 5.41) is 21.7. The third-order valence-corrected chi connectivity index (χ3v) is 3.78. The fraction of sp³-hybridized carbons (Fsp3) is 0.615. The Morgan fingerprint density at radius 2 is 2.16 bits per heavy atom. The zero-order chi connectivity index (χ0) is 13.9. The van der Waals surface area contributed by atoms with Crippen molar-refractivity contribution in [2.45, 2.75) is 38.1 Å². The highest BCUT2D eigenvalue weighted by Gasteiger charge is 2.34. The van der Waals surface area contributed by atoms with Gasteiger partial charge in [0.05, 0.1) is 24.5 Å². The van der Waals surface area contributed by atoms with Crippen molar-refractivity contribution in [1.29, 1.82) is 0 Å². The first-order valence-corrected chi connectivity index (χ1v) is 6.49. The van der Waals surface area contributed by atoms with Gasteiger partial charge in [0.25, 0.3) is 0 Å². The molecule has 1 aliphatic rings. The van der Waals surface area contributed by atoms with E-state index in [0.29, 0.717) is 11.7 Å². The molecule has 0 atom stereocenters. The number of carboxylic acids is 1. The summed E-state index contributed by atoms with van der Waals surface area (Å²) in [7, 11) is 0. The Morgan fingerprint density at radius 3 is 2.74 bits per heavy atom. The van der Waals surface area contributed by atoms with Crippen LogP contribution in [0.3, 0.4) is 0 Å². The largest absolute Gasteiger partial charge is 0.476 e. The van der Waals surface area contributed by atoms with Gasteiger partial charge in [0.1, 0.15) is 5.82 Å². The van der Waals surface area contributed by atoms with E-state index in [1.165, 1.54) is 12.4 Å². The molecule has 1 aromatic heterocycles. The molecule has 1 heterocycles. The molecule has 0 aromatic carbocycles. The number of nitrogens with zero attached hydrogens (tertiary/aromatic N) is 2. The van der Waals surface area contributed by atoms with Gasteiger partial charge in [-0.2, -0.15) is 0 Å². The molecule has 1 aromatic rings. The van der Waals surface area contributed by atoms with Crippen LogP contribution in [0, 0.1) is 5.92 Å². The van der Waals surface area contributed by atoms with Crippen molar-refractivity contribution in [3.8, 4) is 0 Å². The lowest BCUT2D eigenvalue weighted by Crippen LogP contribution is -2.45. The number of carboxylic acid groups (broad SMARTS) is 1. The van der Waals surface area contributed by atoms with Crippen molar-refractivity contribution in [1.82, 2.24) is 9.97 Å². The lowest BCUT2D eigenvalue weighted by atomic mass is 9.77. The first kappa shape index (κ1) is 13.7. The second kappa shape index (κ2) is 5.52. The maximum Gasteiger partial charge on any atom is 0.356 e. The average molecular weight is 265 g/mol. The van der Waals surface area contributed by atoms with Crippen molar-refractivity contribution in [3.05, 3.63) is 18.1 Å². The van der Waals surface area contributed by atoms with E-state index in [2.05, 4.69) is 22.2 Å². The van der Waals surface area contributed by atoms with Gasteiger partial charge in [0.2, 0.25) is 0 Å². The summed E-state index contributed by atoms with van der Waals surface area (Å²) in [5.41, 5.74) is -0.500. The molecule has 3 N–H and O–H groups in total. The molecule has 6 heteroatoms. The lowest BCUT2D eigenvalue weighted by Gasteiger charge is -2.39. The molecule has 0 radical (unpaired) electrons. The lowest BCUT2D eigenvalue weighted by molar-refractivity contribution is 0.0690. The number of nitrogens with one attached hydrogen (secondary N) is 1. The summed E-state index contributed by atoms with van der Waals surface area (Å²) in [6.45, 7) is 2.21. The SMILES string of the molecule is CC1CCC(CO)(Nc2cncc(C(=O)O)n2)CC1. The normalized spacial score (nSPS) is 26.9. The van der Waals surface area contributed by atoms with E-state index >= 15 is 0 Å². The van der Waals surface area contributed by atoms with Gasteiger partial charge in [0, 0.05) is 0 Å². The molecule has 19 heavy (non-hydrogen) atoms. The van der Waals surface area contributed by atoms with Crippen LogP contribution in [0.1, 0.15) is 43.1 Å². The molecule has 1 fully saturated rings. The first-order valence-electron chi connectivity index (χ1n) is 6.49. The molecule has 0 bridgehead atoms. The minimum absolute atomic E-state index is 0.0126. The van der Waals surface area contributed by atoms with Crippen molar-refractivity contribution in [2.75, 3.05) is 11.9 Å². The van der Waals surface area contributed by atoms with Gasteiger partial charge in [-0.3, -0.25) is 4.98 Å². The minimum atomic E-state index is -1.11. The van der Waals surface area contributed by atoms with Gasteiger partial charge in [-0.15, -0.1) is 0 Å². The molecule has 0 aliphatic heterocycles. The molecular weight excluding hydrogens is 246 g/mol. The minimum Gasteiger partial charge on any atom is -0.476 e. The van der Waals surface area contributed by atoms with Crippen LogP contribution in [0.15, 0.2) is 12.4 Å². The fourth-order valence-corrected chi connectivity index (χ4v) is 2.44. The van der Waals surface area contributed by atoms with Gasteiger partial charge < -0.3 is 15.5 Å². The van der Waals surface area contributed by atoms with E-state index in [0.717, 1.165) is 25.7 Å². The number of aromatic carboxylic acids is 1. The molecule has 0 amide bonds. The first-order chi connectivity index (χ1) is 9.04. The Hall–Kier alpha value is -1.69. The number of aliphatic hydroxyl groups excluding tert-OH is 1. The Balaban J connectivity index is 2.14. The zero-order valence-corrected chi connectivity index (χ0v) is 11.0. The van der Waals surface area contributed by atoms with E-state index in [9.17, 15) is 9.90 Å². The summed E-state index contributed by atoms with van der Waals surface area (Å²) < 4.78 is 0. The predicted molar refractivity (Wildman–Crippen MR) is 70.1 cm³/mol. The quantitative estimate of drug-likeness (QED) is 0.764. The molecule has 2 rings (SSSR count). The molecule has 0 spiro atoms. The maximum absolute atomic E-state index is 10.9. The van der Waals surface area contributed by atoms with Crippen LogP contribution >= 0.6 is 0 Å². The number of hydrogen-bond acceptors (Lipinski definition) is 5. The van der Waals surface area contributed by atoms with E-state index in [1.54, 1.807) is 0 Å². The van der Waals surface area contributed by atoms with Crippen LogP contribution in [-0.2, 0) is 0 Å². The number of rotatable bonds is 4. The number of hydrogen-bond donors (Lipinski definition) is 3. The van der Waals surface area contributed by atoms with Gasteiger partial charge in [0.15, 0.2) is 5.69 Å². The Kier molecular flexibility index (Phi) is 3.99. The summed E-state index contributed by atoms with van der Waals surface area (Å²) in [6.07, 6.45) is 6.48. The molecule has 1 saturated carbocycles. The van der Waals surface area contributed by atoms with Crippen LogP contribution in [0.4, 0.5) is 5.82 Å². The van der Waals surface area contributed by atoms with Crippen molar-refractivity contribution >= 4 is 11.8 Å². The number of aromatic nitrogens is 2. The zero-order valence-electron chi connectivity index (χ0n) is 11.0. The van der Waals surface area contributed by atoms with Crippen molar-refractivity contribution in [2.24, 2.45) is 5.92 Å². The standard InChI is InChI=1S/C13H19N3O3/c1-9-2-4-13(8-17,5-3-9)16-11-7-14-6-10(15-11)12(18)19/h6-7,9,17H,2-5,8H2,1H3,(H,15,16)(H,18,19). The predicted octanol–water partition coefficient (Wildman–Crippen LogP) is 1.53. The molecular formula is C13H19N3O3. The number of carbonyl (C=O) groups is 1. The summed E-state index contributed by atoms with van der Waals surface area (Å²) in [4.78, 5) is 18.7. The number of aliphatic hydroxyl groups is 1. The van der Waals surface area contributed by atoms with Crippen molar-refractivity contribution < 1.29 is 15.0 Å². The third kappa shape index (κ3) is 3.20. The van der Waals surface area contributed by atoms with Crippen LogP contribution in [-0.4, -0.2) is 38.3 Å². The molecule has 1 aliphatic carbocycles. The van der Waals surface area contributed by atoms with Crippen LogP contribution in [0.2, 0.25) is 0 Å². The highest BCUT2D eigenvalue weighted by atomic mass is 16.4. The summed E-state index contributed by atoms with van der Waals surface area (Å²) >= 11 is 0. The molecule has 0 saturated heterocycles. The Bertz CT molecular complexity index is 456. The molecule has 104 valence electrons. The smallest absolute Gasteiger partial charge is 0.356 e. The summed E-state index contributed by atoms with van der Waals surface area (Å²) in [5.74, 6) is -0.0344. The van der Waals surface area contributed by atoms with E-state index in [4.69, 9.17) is 5.11 Å². The Labute approximate surface area is 111 Å². The van der Waals surface area contributed by atoms with Gasteiger partial charge in [-0.1, -0.05) is 6.92 Å². The molecule has 0 unspecified atom stereocenters. The van der Waals surface area contributed by atoms with E-state index in [-0.39, 0.29) is 12.3 Å². The average Bonchev–Trinajstić information content (AvgIpc) is 2.42. The van der Waals surface area contributed by atoms with Crippen LogP contribution < -0.4 is 5.32 Å². The van der Waals surface area contributed by atoms with Crippen molar-refractivity contribution in [3.63, 3.8) is 0 Å². The maximum atomic E-state index is 10.9.